The predicted octanol–water partition coefficient (Wildman–Crippen LogP) is 2.99. The lowest BCUT2D eigenvalue weighted by Crippen LogP contribution is -1.78. The molecule has 0 fully saturated rings. The van der Waals surface area contributed by atoms with Gasteiger partial charge in [0.1, 0.15) is 22.3 Å². The van der Waals surface area contributed by atoms with E-state index in [1.165, 1.54) is 23.5 Å². The van der Waals surface area contributed by atoms with Crippen LogP contribution in [0.4, 0.5) is 0 Å². The molecule has 0 saturated carbocycles. The molecule has 3 aromatic rings. The summed E-state index contributed by atoms with van der Waals surface area (Å²) in [6.07, 6.45) is 0. The molecule has 0 unspecified atom stereocenters. The van der Waals surface area contributed by atoms with E-state index in [-0.39, 0.29) is 17.2 Å². The van der Waals surface area contributed by atoms with Gasteiger partial charge in [0.15, 0.2) is 5.01 Å². The lowest BCUT2D eigenvalue weighted by atomic mass is 10.2. The van der Waals surface area contributed by atoms with Crippen molar-refractivity contribution in [3.05, 3.63) is 42.5 Å². The molecule has 20 heavy (non-hydrogen) atoms. The third-order valence-corrected chi connectivity index (χ3v) is 3.76. The maximum Gasteiger partial charge on any atom is 0.151 e. The molecule has 0 aliphatic carbocycles. The van der Waals surface area contributed by atoms with Crippen LogP contribution in [0, 0.1) is 0 Å². The number of phenolic OH excluding ortho intramolecular Hbond substituents is 3. The van der Waals surface area contributed by atoms with Gasteiger partial charge in [0, 0.05) is 11.6 Å². The van der Waals surface area contributed by atoms with Crippen LogP contribution in [-0.2, 0) is 0 Å². The van der Waals surface area contributed by atoms with Crippen LogP contribution in [-0.4, -0.2) is 25.5 Å². The number of benzene rings is 2. The summed E-state index contributed by atoms with van der Waals surface area (Å²) in [4.78, 5) is 0. The SMILES string of the molecule is Oc1ccc(-c2nnc(-c3ccc(O)cc3O)s2)cc1. The summed E-state index contributed by atoms with van der Waals surface area (Å²) in [7, 11) is 0. The Bertz CT molecular complexity index is 753. The Morgan fingerprint density at radius 1 is 0.750 bits per heavy atom. The number of hydrogen-bond acceptors (Lipinski definition) is 6. The van der Waals surface area contributed by atoms with Crippen LogP contribution in [0.15, 0.2) is 42.5 Å². The highest BCUT2D eigenvalue weighted by Crippen LogP contribution is 2.36. The summed E-state index contributed by atoms with van der Waals surface area (Å²) in [5, 5.41) is 37.7. The fourth-order valence-electron chi connectivity index (χ4n) is 1.75. The highest BCUT2D eigenvalue weighted by molar-refractivity contribution is 7.18. The summed E-state index contributed by atoms with van der Waals surface area (Å²) in [6.45, 7) is 0. The Hall–Kier alpha value is -2.60. The van der Waals surface area contributed by atoms with Crippen molar-refractivity contribution >= 4 is 11.3 Å². The van der Waals surface area contributed by atoms with Gasteiger partial charge in [0.05, 0.1) is 5.56 Å². The normalized spacial score (nSPS) is 10.6. The number of nitrogens with zero attached hydrogens (tertiary/aromatic N) is 2. The molecule has 0 aliphatic heterocycles. The first kappa shape index (κ1) is 12.4. The van der Waals surface area contributed by atoms with Gasteiger partial charge >= 0.3 is 0 Å². The standard InChI is InChI=1S/C14H10N2O3S/c17-9-3-1-8(2-4-9)13-15-16-14(20-13)11-6-5-10(18)7-12(11)19/h1-7,17-19H. The number of rotatable bonds is 2. The van der Waals surface area contributed by atoms with Crippen LogP contribution >= 0.6 is 11.3 Å². The van der Waals surface area contributed by atoms with Gasteiger partial charge in [-0.25, -0.2) is 0 Å². The number of aromatic hydroxyl groups is 3. The minimum atomic E-state index is -0.0431. The minimum absolute atomic E-state index is 0.00507. The Balaban J connectivity index is 1.99. The maximum atomic E-state index is 9.81. The Kier molecular flexibility index (Phi) is 3.00. The summed E-state index contributed by atoms with van der Waals surface area (Å²) in [6, 6.07) is 11.0. The van der Waals surface area contributed by atoms with E-state index in [1.807, 2.05) is 0 Å². The van der Waals surface area contributed by atoms with Crippen molar-refractivity contribution in [2.75, 3.05) is 0 Å². The molecule has 1 heterocycles. The summed E-state index contributed by atoms with van der Waals surface area (Å²) in [5.41, 5.74) is 1.36. The van der Waals surface area contributed by atoms with Crippen molar-refractivity contribution in [2.24, 2.45) is 0 Å². The molecule has 0 aliphatic rings. The maximum absolute atomic E-state index is 9.81. The summed E-state index contributed by atoms with van der Waals surface area (Å²) < 4.78 is 0. The molecule has 1 aromatic heterocycles. The van der Waals surface area contributed by atoms with Crippen molar-refractivity contribution in [1.82, 2.24) is 10.2 Å². The summed E-state index contributed by atoms with van der Waals surface area (Å²) in [5.74, 6) is 0.141. The van der Waals surface area contributed by atoms with E-state index in [9.17, 15) is 15.3 Å². The van der Waals surface area contributed by atoms with Crippen molar-refractivity contribution in [3.63, 3.8) is 0 Å². The molecule has 0 radical (unpaired) electrons. The highest BCUT2D eigenvalue weighted by atomic mass is 32.1. The molecule has 0 atom stereocenters. The third-order valence-electron chi connectivity index (χ3n) is 2.75. The van der Waals surface area contributed by atoms with Crippen LogP contribution < -0.4 is 0 Å². The van der Waals surface area contributed by atoms with Crippen molar-refractivity contribution in [2.45, 2.75) is 0 Å². The molecular weight excluding hydrogens is 276 g/mol. The topological polar surface area (TPSA) is 86.5 Å². The molecule has 3 N–H and O–H groups in total. The zero-order valence-electron chi connectivity index (χ0n) is 10.2. The lowest BCUT2D eigenvalue weighted by molar-refractivity contribution is 0.452. The van der Waals surface area contributed by atoms with Gasteiger partial charge in [-0.05, 0) is 36.4 Å². The molecule has 6 heteroatoms. The van der Waals surface area contributed by atoms with Gasteiger partial charge in [-0.15, -0.1) is 10.2 Å². The molecule has 0 amide bonds. The van der Waals surface area contributed by atoms with Gasteiger partial charge < -0.3 is 15.3 Å². The molecule has 0 bridgehead atoms. The second-order valence-corrected chi connectivity index (χ2v) is 5.14. The zero-order chi connectivity index (χ0) is 14.1. The van der Waals surface area contributed by atoms with Gasteiger partial charge in [-0.2, -0.15) is 0 Å². The highest BCUT2D eigenvalue weighted by Gasteiger charge is 2.12. The van der Waals surface area contributed by atoms with Gasteiger partial charge in [0.2, 0.25) is 0 Å². The molecule has 2 aromatic carbocycles. The van der Waals surface area contributed by atoms with Gasteiger partial charge in [-0.3, -0.25) is 0 Å². The molecular formula is C14H10N2O3S. The van der Waals surface area contributed by atoms with E-state index >= 15 is 0 Å². The second kappa shape index (κ2) is 4.82. The van der Waals surface area contributed by atoms with E-state index in [0.717, 1.165) is 5.56 Å². The first-order chi connectivity index (χ1) is 9.63. The van der Waals surface area contributed by atoms with E-state index in [4.69, 9.17) is 0 Å². The largest absolute Gasteiger partial charge is 0.508 e. The third kappa shape index (κ3) is 2.28. The van der Waals surface area contributed by atoms with Gasteiger partial charge in [0.25, 0.3) is 0 Å². The molecule has 0 spiro atoms. The summed E-state index contributed by atoms with van der Waals surface area (Å²) >= 11 is 1.32. The molecule has 0 saturated heterocycles. The van der Waals surface area contributed by atoms with Crippen LogP contribution in [0.1, 0.15) is 0 Å². The Morgan fingerprint density at radius 3 is 2.10 bits per heavy atom. The van der Waals surface area contributed by atoms with Crippen LogP contribution in [0.3, 0.4) is 0 Å². The fraction of sp³-hybridized carbons (Fsp3) is 0. The van der Waals surface area contributed by atoms with Crippen molar-refractivity contribution in [3.8, 4) is 38.4 Å². The predicted molar refractivity (Wildman–Crippen MR) is 75.8 cm³/mol. The zero-order valence-corrected chi connectivity index (χ0v) is 11.0. The Morgan fingerprint density at radius 2 is 1.40 bits per heavy atom. The molecule has 100 valence electrons. The molecule has 5 nitrogen and oxygen atoms in total. The first-order valence-corrected chi connectivity index (χ1v) is 6.60. The lowest BCUT2D eigenvalue weighted by Gasteiger charge is -2.00. The monoisotopic (exact) mass is 286 g/mol. The van der Waals surface area contributed by atoms with Crippen LogP contribution in [0.2, 0.25) is 0 Å². The number of aromatic nitrogens is 2. The second-order valence-electron chi connectivity index (χ2n) is 4.16. The van der Waals surface area contributed by atoms with Crippen LogP contribution in [0.25, 0.3) is 21.1 Å². The fourth-order valence-corrected chi connectivity index (χ4v) is 2.64. The van der Waals surface area contributed by atoms with E-state index in [2.05, 4.69) is 10.2 Å². The van der Waals surface area contributed by atoms with Gasteiger partial charge in [-0.1, -0.05) is 11.3 Å². The smallest absolute Gasteiger partial charge is 0.151 e. The average molecular weight is 286 g/mol. The minimum Gasteiger partial charge on any atom is -0.508 e. The number of hydrogen-bond donors (Lipinski definition) is 3. The molecule has 3 rings (SSSR count). The van der Waals surface area contributed by atoms with Crippen LogP contribution in [0.5, 0.6) is 17.2 Å². The van der Waals surface area contributed by atoms with Crippen molar-refractivity contribution in [1.29, 1.82) is 0 Å². The van der Waals surface area contributed by atoms with Crippen molar-refractivity contribution < 1.29 is 15.3 Å². The average Bonchev–Trinajstić information content (AvgIpc) is 2.89. The number of phenols is 3. The van der Waals surface area contributed by atoms with E-state index in [1.54, 1.807) is 30.3 Å². The van der Waals surface area contributed by atoms with E-state index in [0.29, 0.717) is 15.6 Å². The Labute approximate surface area is 118 Å². The quantitative estimate of drug-likeness (QED) is 0.674. The first-order valence-electron chi connectivity index (χ1n) is 5.79. The van der Waals surface area contributed by atoms with E-state index < -0.39 is 0 Å².